The quantitative estimate of drug-likeness (QED) is 0.656. The van der Waals surface area contributed by atoms with Crippen molar-refractivity contribution in [1.82, 2.24) is 4.90 Å². The maximum absolute atomic E-state index is 12.1. The summed E-state index contributed by atoms with van der Waals surface area (Å²) >= 11 is 5.88. The Kier molecular flexibility index (Phi) is 4.27. The molecule has 1 atom stereocenters. The van der Waals surface area contributed by atoms with E-state index in [1.54, 1.807) is 0 Å². The van der Waals surface area contributed by atoms with E-state index >= 15 is 0 Å². The van der Waals surface area contributed by atoms with Gasteiger partial charge in [0.2, 0.25) is 0 Å². The van der Waals surface area contributed by atoms with Crippen molar-refractivity contribution < 1.29 is 19.6 Å². The number of likely N-dealkylation sites (tertiary alicyclic amines) is 1. The van der Waals surface area contributed by atoms with E-state index < -0.39 is 23.0 Å². The average molecular weight is 314 g/mol. The van der Waals surface area contributed by atoms with Crippen LogP contribution >= 0.6 is 11.6 Å². The number of urea groups is 1. The Balaban J connectivity index is 2.18. The molecule has 2 N–H and O–H groups in total. The lowest BCUT2D eigenvalue weighted by Gasteiger charge is -2.22. The second-order valence-electron chi connectivity index (χ2n) is 4.54. The molecular weight excluding hydrogens is 302 g/mol. The molecule has 1 heterocycles. The van der Waals surface area contributed by atoms with Crippen molar-refractivity contribution in [3.05, 3.63) is 33.3 Å². The predicted octanol–water partition coefficient (Wildman–Crippen LogP) is 2.33. The van der Waals surface area contributed by atoms with Gasteiger partial charge in [-0.25, -0.2) is 9.59 Å². The van der Waals surface area contributed by atoms with Crippen LogP contribution in [-0.2, 0) is 4.79 Å². The highest BCUT2D eigenvalue weighted by Crippen LogP contribution is 2.28. The lowest BCUT2D eigenvalue weighted by atomic mass is 10.2. The number of halogens is 1. The number of amides is 2. The van der Waals surface area contributed by atoms with Crippen LogP contribution in [-0.4, -0.2) is 39.5 Å². The summed E-state index contributed by atoms with van der Waals surface area (Å²) < 4.78 is 0. The SMILES string of the molecule is O=C(O)[C@H]1CCCN1C(=O)Nc1cc([N+](=O)[O-])ccc1Cl. The number of hydrogen-bond acceptors (Lipinski definition) is 4. The molecule has 0 saturated carbocycles. The summed E-state index contributed by atoms with van der Waals surface area (Å²) in [7, 11) is 0. The largest absolute Gasteiger partial charge is 0.480 e. The minimum Gasteiger partial charge on any atom is -0.480 e. The number of benzene rings is 1. The zero-order valence-corrected chi connectivity index (χ0v) is 11.5. The first-order valence-corrected chi connectivity index (χ1v) is 6.52. The second kappa shape index (κ2) is 5.96. The summed E-state index contributed by atoms with van der Waals surface area (Å²) in [5, 5.41) is 22.3. The molecular formula is C12H12ClN3O5. The van der Waals surface area contributed by atoms with Crippen LogP contribution in [0.4, 0.5) is 16.2 Å². The van der Waals surface area contributed by atoms with Gasteiger partial charge in [0.15, 0.2) is 0 Å². The van der Waals surface area contributed by atoms with Gasteiger partial charge in [-0.15, -0.1) is 0 Å². The summed E-state index contributed by atoms with van der Waals surface area (Å²) in [4.78, 5) is 34.4. The van der Waals surface area contributed by atoms with Gasteiger partial charge in [-0.1, -0.05) is 11.6 Å². The molecule has 1 aliphatic rings. The fourth-order valence-corrected chi connectivity index (χ4v) is 2.34. The van der Waals surface area contributed by atoms with Crippen molar-refractivity contribution >= 4 is 35.0 Å². The van der Waals surface area contributed by atoms with Crippen LogP contribution in [0.5, 0.6) is 0 Å². The summed E-state index contributed by atoms with van der Waals surface area (Å²) in [6, 6.07) is 2.12. The molecule has 1 aromatic carbocycles. The summed E-state index contributed by atoms with van der Waals surface area (Å²) in [6.07, 6.45) is 0.971. The summed E-state index contributed by atoms with van der Waals surface area (Å²) in [5.41, 5.74) is -0.141. The zero-order chi connectivity index (χ0) is 15.6. The fourth-order valence-electron chi connectivity index (χ4n) is 2.18. The number of nitro benzene ring substituents is 1. The maximum Gasteiger partial charge on any atom is 0.326 e. The number of nitrogens with zero attached hydrogens (tertiary/aromatic N) is 2. The Morgan fingerprint density at radius 3 is 2.81 bits per heavy atom. The lowest BCUT2D eigenvalue weighted by molar-refractivity contribution is -0.384. The molecule has 2 rings (SSSR count). The van der Waals surface area contributed by atoms with E-state index in [0.29, 0.717) is 19.4 Å². The maximum atomic E-state index is 12.1. The predicted molar refractivity (Wildman–Crippen MR) is 74.5 cm³/mol. The molecule has 0 spiro atoms. The molecule has 0 bridgehead atoms. The van der Waals surface area contributed by atoms with Crippen molar-refractivity contribution in [1.29, 1.82) is 0 Å². The molecule has 112 valence electrons. The summed E-state index contributed by atoms with van der Waals surface area (Å²) in [6.45, 7) is 0.315. The molecule has 0 unspecified atom stereocenters. The second-order valence-corrected chi connectivity index (χ2v) is 4.95. The fraction of sp³-hybridized carbons (Fsp3) is 0.333. The van der Waals surface area contributed by atoms with Crippen molar-refractivity contribution in [2.75, 3.05) is 11.9 Å². The van der Waals surface area contributed by atoms with Crippen molar-refractivity contribution in [2.24, 2.45) is 0 Å². The topological polar surface area (TPSA) is 113 Å². The highest BCUT2D eigenvalue weighted by atomic mass is 35.5. The van der Waals surface area contributed by atoms with Crippen molar-refractivity contribution in [3.63, 3.8) is 0 Å². The summed E-state index contributed by atoms with van der Waals surface area (Å²) in [5.74, 6) is -1.08. The third-order valence-electron chi connectivity index (χ3n) is 3.20. The molecule has 1 aliphatic heterocycles. The number of hydrogen-bond donors (Lipinski definition) is 2. The van der Waals surface area contributed by atoms with Gasteiger partial charge in [0.05, 0.1) is 15.6 Å². The molecule has 9 heteroatoms. The third kappa shape index (κ3) is 3.22. The monoisotopic (exact) mass is 313 g/mol. The molecule has 0 aromatic heterocycles. The smallest absolute Gasteiger partial charge is 0.326 e. The van der Waals surface area contributed by atoms with Gasteiger partial charge >= 0.3 is 12.0 Å². The Morgan fingerprint density at radius 1 is 1.48 bits per heavy atom. The number of carbonyl (C=O) groups excluding carboxylic acids is 1. The zero-order valence-electron chi connectivity index (χ0n) is 10.8. The van der Waals surface area contributed by atoms with Crippen LogP contribution in [0.25, 0.3) is 0 Å². The molecule has 0 aliphatic carbocycles. The molecule has 2 amide bonds. The Hall–Kier alpha value is -2.35. The number of non-ortho nitro benzene ring substituents is 1. The average Bonchev–Trinajstić information content (AvgIpc) is 2.90. The molecule has 8 nitrogen and oxygen atoms in total. The minimum absolute atomic E-state index is 0.0758. The van der Waals surface area contributed by atoms with E-state index in [1.807, 2.05) is 0 Å². The highest BCUT2D eigenvalue weighted by molar-refractivity contribution is 6.33. The van der Waals surface area contributed by atoms with Crippen LogP contribution in [0.1, 0.15) is 12.8 Å². The first-order chi connectivity index (χ1) is 9.90. The number of rotatable bonds is 3. The van der Waals surface area contributed by atoms with E-state index in [9.17, 15) is 19.7 Å². The number of nitrogens with one attached hydrogen (secondary N) is 1. The molecule has 21 heavy (non-hydrogen) atoms. The first kappa shape index (κ1) is 15.0. The van der Waals surface area contributed by atoms with Crippen LogP contribution in [0.3, 0.4) is 0 Å². The molecule has 1 fully saturated rings. The third-order valence-corrected chi connectivity index (χ3v) is 3.53. The van der Waals surface area contributed by atoms with E-state index in [1.165, 1.54) is 17.0 Å². The number of aliphatic carboxylic acids is 1. The Bertz CT molecular complexity index is 607. The number of carbonyl (C=O) groups is 2. The number of carboxylic acid groups (broad SMARTS) is 1. The minimum atomic E-state index is -1.08. The highest BCUT2D eigenvalue weighted by Gasteiger charge is 2.34. The van der Waals surface area contributed by atoms with Crippen molar-refractivity contribution in [3.8, 4) is 0 Å². The first-order valence-electron chi connectivity index (χ1n) is 6.14. The van der Waals surface area contributed by atoms with E-state index in [2.05, 4.69) is 5.32 Å². The molecule has 1 saturated heterocycles. The van der Waals surface area contributed by atoms with Crippen molar-refractivity contribution in [2.45, 2.75) is 18.9 Å². The van der Waals surface area contributed by atoms with E-state index in [-0.39, 0.29) is 16.4 Å². The van der Waals surface area contributed by atoms with E-state index in [4.69, 9.17) is 16.7 Å². The van der Waals surface area contributed by atoms with Gasteiger partial charge in [0.1, 0.15) is 6.04 Å². The van der Waals surface area contributed by atoms with Gasteiger partial charge in [-0.3, -0.25) is 10.1 Å². The normalized spacial score (nSPS) is 17.6. The molecule has 0 radical (unpaired) electrons. The van der Waals surface area contributed by atoms with Crippen LogP contribution < -0.4 is 5.32 Å². The number of carboxylic acids is 1. The van der Waals surface area contributed by atoms with Gasteiger partial charge in [-0.2, -0.15) is 0 Å². The van der Waals surface area contributed by atoms with E-state index in [0.717, 1.165) is 6.07 Å². The lowest BCUT2D eigenvalue weighted by Crippen LogP contribution is -2.42. The number of nitro groups is 1. The standard InChI is InChI=1S/C12H12ClN3O5/c13-8-4-3-7(16(20)21)6-9(8)14-12(19)15-5-1-2-10(15)11(17)18/h3-4,6,10H,1-2,5H2,(H,14,19)(H,17,18)/t10-/m1/s1. The number of anilines is 1. The van der Waals surface area contributed by atoms with Gasteiger partial charge in [0.25, 0.3) is 5.69 Å². The van der Waals surface area contributed by atoms with Crippen LogP contribution in [0.2, 0.25) is 5.02 Å². The Labute approximate surface area is 124 Å². The van der Waals surface area contributed by atoms with Gasteiger partial charge in [0, 0.05) is 18.7 Å². The van der Waals surface area contributed by atoms with Gasteiger partial charge < -0.3 is 15.3 Å². The van der Waals surface area contributed by atoms with Crippen LogP contribution in [0, 0.1) is 10.1 Å². The molecule has 1 aromatic rings. The Morgan fingerprint density at radius 2 is 2.19 bits per heavy atom. The van der Waals surface area contributed by atoms with Crippen LogP contribution in [0.15, 0.2) is 18.2 Å². The van der Waals surface area contributed by atoms with Gasteiger partial charge in [-0.05, 0) is 18.9 Å².